The Morgan fingerprint density at radius 2 is 1.90 bits per heavy atom. The van der Waals surface area contributed by atoms with Gasteiger partial charge in [0.25, 0.3) is 5.91 Å². The molecule has 2 aliphatic heterocycles. The Balaban J connectivity index is 1.44. The maximum absolute atomic E-state index is 13.6. The summed E-state index contributed by atoms with van der Waals surface area (Å²) in [6.07, 6.45) is 5.73. The fourth-order valence-electron chi connectivity index (χ4n) is 6.25. The third kappa shape index (κ3) is 2.63. The molecular formula is C22H27N3O4. The highest BCUT2D eigenvalue weighted by Gasteiger charge is 2.56. The van der Waals surface area contributed by atoms with Crippen molar-refractivity contribution in [1.29, 1.82) is 0 Å². The van der Waals surface area contributed by atoms with E-state index in [1.807, 2.05) is 29.2 Å². The summed E-state index contributed by atoms with van der Waals surface area (Å²) < 4.78 is 0. The SMILES string of the molecule is O=C(CN1C[C@@H]2CCC[C@@]2(C(=O)O)C1)N1c2ccccc2NC(=O)C12CCCC2. The van der Waals surface area contributed by atoms with Gasteiger partial charge in [-0.1, -0.05) is 31.4 Å². The number of nitrogens with one attached hydrogen (secondary N) is 1. The summed E-state index contributed by atoms with van der Waals surface area (Å²) in [5, 5.41) is 12.8. The molecule has 0 aromatic heterocycles. The monoisotopic (exact) mass is 397 g/mol. The molecule has 29 heavy (non-hydrogen) atoms. The van der Waals surface area contributed by atoms with Gasteiger partial charge >= 0.3 is 5.97 Å². The summed E-state index contributed by atoms with van der Waals surface area (Å²) in [5.74, 6) is -0.813. The van der Waals surface area contributed by atoms with Gasteiger partial charge in [0, 0.05) is 13.1 Å². The second-order valence-corrected chi connectivity index (χ2v) is 9.16. The van der Waals surface area contributed by atoms with Crippen molar-refractivity contribution in [3.63, 3.8) is 0 Å². The summed E-state index contributed by atoms with van der Waals surface area (Å²) in [5.41, 5.74) is -0.0939. The minimum absolute atomic E-state index is 0.0950. The quantitative estimate of drug-likeness (QED) is 0.818. The molecule has 4 aliphatic rings. The summed E-state index contributed by atoms with van der Waals surface area (Å²) in [4.78, 5) is 42.3. The zero-order valence-corrected chi connectivity index (χ0v) is 16.5. The topological polar surface area (TPSA) is 89.9 Å². The van der Waals surface area contributed by atoms with E-state index in [4.69, 9.17) is 0 Å². The number of hydrogen-bond acceptors (Lipinski definition) is 4. The van der Waals surface area contributed by atoms with Crippen LogP contribution >= 0.6 is 0 Å². The highest BCUT2D eigenvalue weighted by molar-refractivity contribution is 6.15. The van der Waals surface area contributed by atoms with Crippen LogP contribution < -0.4 is 10.2 Å². The Labute approximate surface area is 170 Å². The molecule has 1 aromatic rings. The lowest BCUT2D eigenvalue weighted by Crippen LogP contribution is -2.62. The van der Waals surface area contributed by atoms with Crippen molar-refractivity contribution in [3.8, 4) is 0 Å². The maximum atomic E-state index is 13.6. The predicted molar refractivity (Wildman–Crippen MR) is 108 cm³/mol. The van der Waals surface area contributed by atoms with E-state index in [-0.39, 0.29) is 24.3 Å². The lowest BCUT2D eigenvalue weighted by atomic mass is 9.81. The van der Waals surface area contributed by atoms with Crippen LogP contribution in [0, 0.1) is 11.3 Å². The number of amides is 2. The summed E-state index contributed by atoms with van der Waals surface area (Å²) >= 11 is 0. The van der Waals surface area contributed by atoms with Gasteiger partial charge in [-0.05, 0) is 43.7 Å². The normalized spacial score (nSPS) is 30.3. The molecule has 3 fully saturated rings. The zero-order chi connectivity index (χ0) is 20.2. The van der Waals surface area contributed by atoms with Crippen LogP contribution in [-0.4, -0.2) is 53.0 Å². The number of carbonyl (C=O) groups excluding carboxylic acids is 2. The lowest BCUT2D eigenvalue weighted by Gasteiger charge is -2.44. The van der Waals surface area contributed by atoms with E-state index in [0.717, 1.165) is 31.4 Å². The highest BCUT2D eigenvalue weighted by atomic mass is 16.4. The minimum atomic E-state index is -0.814. The Morgan fingerprint density at radius 3 is 2.62 bits per heavy atom. The largest absolute Gasteiger partial charge is 0.481 e. The van der Waals surface area contributed by atoms with E-state index in [1.54, 1.807) is 4.90 Å². The van der Waals surface area contributed by atoms with Crippen LogP contribution in [0.25, 0.3) is 0 Å². The minimum Gasteiger partial charge on any atom is -0.481 e. The fraction of sp³-hybridized carbons (Fsp3) is 0.591. The van der Waals surface area contributed by atoms with E-state index in [0.29, 0.717) is 38.0 Å². The molecule has 1 aromatic carbocycles. The maximum Gasteiger partial charge on any atom is 0.311 e. The van der Waals surface area contributed by atoms with Gasteiger partial charge in [0.15, 0.2) is 0 Å². The van der Waals surface area contributed by atoms with Gasteiger partial charge < -0.3 is 10.4 Å². The molecule has 2 saturated carbocycles. The van der Waals surface area contributed by atoms with Crippen LogP contribution in [0.2, 0.25) is 0 Å². The van der Waals surface area contributed by atoms with Crippen molar-refractivity contribution < 1.29 is 19.5 Å². The number of carboxylic acid groups (broad SMARTS) is 1. The number of para-hydroxylation sites is 2. The smallest absolute Gasteiger partial charge is 0.311 e. The van der Waals surface area contributed by atoms with Crippen molar-refractivity contribution in [2.45, 2.75) is 50.5 Å². The van der Waals surface area contributed by atoms with Crippen molar-refractivity contribution in [1.82, 2.24) is 4.90 Å². The number of carboxylic acids is 1. The molecule has 7 nitrogen and oxygen atoms in total. The van der Waals surface area contributed by atoms with E-state index in [1.165, 1.54) is 0 Å². The number of nitrogens with zero attached hydrogens (tertiary/aromatic N) is 2. The van der Waals surface area contributed by atoms with Gasteiger partial charge in [-0.15, -0.1) is 0 Å². The zero-order valence-electron chi connectivity index (χ0n) is 16.5. The summed E-state index contributed by atoms with van der Waals surface area (Å²) in [6.45, 7) is 1.23. The van der Waals surface area contributed by atoms with E-state index >= 15 is 0 Å². The van der Waals surface area contributed by atoms with Crippen LogP contribution in [0.15, 0.2) is 24.3 Å². The molecule has 2 amide bonds. The van der Waals surface area contributed by atoms with Crippen LogP contribution in [0.4, 0.5) is 11.4 Å². The molecule has 2 heterocycles. The van der Waals surface area contributed by atoms with Gasteiger partial charge in [-0.25, -0.2) is 0 Å². The second-order valence-electron chi connectivity index (χ2n) is 9.16. The number of aliphatic carboxylic acids is 1. The average Bonchev–Trinajstić information content (AvgIpc) is 3.38. The molecule has 0 unspecified atom stereocenters. The van der Waals surface area contributed by atoms with Gasteiger partial charge in [-0.2, -0.15) is 0 Å². The Morgan fingerprint density at radius 1 is 1.14 bits per heavy atom. The molecule has 1 saturated heterocycles. The van der Waals surface area contributed by atoms with Gasteiger partial charge in [0.1, 0.15) is 5.54 Å². The number of carbonyl (C=O) groups is 3. The average molecular weight is 397 g/mol. The van der Waals surface area contributed by atoms with Crippen molar-refractivity contribution >= 4 is 29.2 Å². The Kier molecular flexibility index (Phi) is 4.21. The second kappa shape index (κ2) is 6.55. The first-order chi connectivity index (χ1) is 14.0. The number of fused-ring (bicyclic) bond motifs is 2. The number of likely N-dealkylation sites (tertiary alicyclic amines) is 1. The first-order valence-electron chi connectivity index (χ1n) is 10.7. The highest BCUT2D eigenvalue weighted by Crippen LogP contribution is 2.49. The van der Waals surface area contributed by atoms with Crippen LogP contribution in [0.3, 0.4) is 0 Å². The molecule has 2 atom stereocenters. The molecule has 5 rings (SSSR count). The van der Waals surface area contributed by atoms with Crippen LogP contribution in [0.1, 0.15) is 44.9 Å². The Bertz CT molecular complexity index is 879. The standard InChI is InChI=1S/C22H27N3O4/c26-18(13-24-12-15-6-5-9-21(15,14-24)20(28)29)25-17-8-2-1-7-16(17)23-19(27)22(25)10-3-4-11-22/h1-2,7-8,15H,3-6,9-14H2,(H,23,27)(H,28,29)/t15-,21+/m0/s1. The summed E-state index contributed by atoms with van der Waals surface area (Å²) in [6, 6.07) is 7.46. The lowest BCUT2D eigenvalue weighted by molar-refractivity contribution is -0.149. The number of benzene rings is 1. The fourth-order valence-corrected chi connectivity index (χ4v) is 6.25. The third-order valence-corrected chi connectivity index (χ3v) is 7.65. The molecule has 2 N–H and O–H groups in total. The van der Waals surface area contributed by atoms with Gasteiger partial charge in [-0.3, -0.25) is 24.2 Å². The van der Waals surface area contributed by atoms with E-state index in [2.05, 4.69) is 5.32 Å². The predicted octanol–water partition coefficient (Wildman–Crippen LogP) is 2.47. The van der Waals surface area contributed by atoms with Crippen molar-refractivity contribution in [2.75, 3.05) is 29.9 Å². The number of anilines is 2. The molecular weight excluding hydrogens is 370 g/mol. The van der Waals surface area contributed by atoms with E-state index < -0.39 is 16.9 Å². The molecule has 0 radical (unpaired) electrons. The molecule has 2 aliphatic carbocycles. The van der Waals surface area contributed by atoms with Crippen molar-refractivity contribution in [2.24, 2.45) is 11.3 Å². The van der Waals surface area contributed by atoms with Crippen LogP contribution in [0.5, 0.6) is 0 Å². The van der Waals surface area contributed by atoms with E-state index in [9.17, 15) is 19.5 Å². The van der Waals surface area contributed by atoms with Gasteiger partial charge in [0.2, 0.25) is 5.91 Å². The molecule has 154 valence electrons. The molecule has 7 heteroatoms. The number of rotatable bonds is 3. The number of hydrogen-bond donors (Lipinski definition) is 2. The molecule has 1 spiro atoms. The first-order valence-corrected chi connectivity index (χ1v) is 10.7. The first kappa shape index (κ1) is 18.6. The summed E-state index contributed by atoms with van der Waals surface area (Å²) in [7, 11) is 0. The van der Waals surface area contributed by atoms with Crippen molar-refractivity contribution in [3.05, 3.63) is 24.3 Å². The Hall–Kier alpha value is -2.41. The van der Waals surface area contributed by atoms with Gasteiger partial charge in [0.05, 0.1) is 23.3 Å². The third-order valence-electron chi connectivity index (χ3n) is 7.65. The van der Waals surface area contributed by atoms with Crippen LogP contribution in [-0.2, 0) is 14.4 Å². The molecule has 0 bridgehead atoms.